The Bertz CT molecular complexity index is 1020. The number of aryl methyl sites for hydroxylation is 1. The number of hydrogen-bond acceptors (Lipinski definition) is 5. The fourth-order valence-corrected chi connectivity index (χ4v) is 3.68. The van der Waals surface area contributed by atoms with Crippen LogP contribution in [0, 0.1) is 0 Å². The lowest BCUT2D eigenvalue weighted by Gasteiger charge is -2.28. The standard InChI is InChI=1S/C22H27N7O/c1-4-11-28-15-17(13-24-28)19-7-8-20-21(26-19)29(16(2)9-12-27(20)3)22(30)25-18-6-5-10-23-14-18/h5-8,10,13-16H,4,9,11-12H2,1-3H3,(H,25,30)/t16-/m1/s1. The molecule has 4 rings (SSSR count). The van der Waals surface area contributed by atoms with Crippen LogP contribution < -0.4 is 15.1 Å². The Morgan fingerprint density at radius 3 is 2.90 bits per heavy atom. The molecule has 0 spiro atoms. The average molecular weight is 406 g/mol. The lowest BCUT2D eigenvalue weighted by molar-refractivity contribution is 0.255. The number of hydrogen-bond donors (Lipinski definition) is 1. The largest absolute Gasteiger partial charge is 0.372 e. The highest BCUT2D eigenvalue weighted by Crippen LogP contribution is 2.35. The van der Waals surface area contributed by atoms with Crippen molar-refractivity contribution in [2.75, 3.05) is 28.7 Å². The molecule has 0 saturated heterocycles. The van der Waals surface area contributed by atoms with Gasteiger partial charge >= 0.3 is 6.03 Å². The van der Waals surface area contributed by atoms with E-state index < -0.39 is 0 Å². The molecule has 1 atom stereocenters. The minimum absolute atomic E-state index is 0.00376. The molecular weight excluding hydrogens is 378 g/mol. The van der Waals surface area contributed by atoms with E-state index in [1.54, 1.807) is 23.4 Å². The molecule has 0 radical (unpaired) electrons. The summed E-state index contributed by atoms with van der Waals surface area (Å²) in [5, 5.41) is 7.37. The number of rotatable bonds is 4. The predicted molar refractivity (Wildman–Crippen MR) is 119 cm³/mol. The number of urea groups is 1. The number of carbonyl (C=O) groups excluding carboxylic acids is 1. The number of nitrogens with one attached hydrogen (secondary N) is 1. The second-order valence-electron chi connectivity index (χ2n) is 7.63. The normalized spacial score (nSPS) is 16.2. The van der Waals surface area contributed by atoms with Crippen LogP contribution in [-0.2, 0) is 6.54 Å². The van der Waals surface area contributed by atoms with Crippen LogP contribution in [0.15, 0.2) is 49.1 Å². The van der Waals surface area contributed by atoms with Crippen molar-refractivity contribution in [1.29, 1.82) is 0 Å². The van der Waals surface area contributed by atoms with E-state index in [1.807, 2.05) is 42.3 Å². The van der Waals surface area contributed by atoms with Crippen molar-refractivity contribution in [1.82, 2.24) is 19.7 Å². The first-order valence-electron chi connectivity index (χ1n) is 10.3. The maximum Gasteiger partial charge on any atom is 0.327 e. The van der Waals surface area contributed by atoms with Crippen molar-refractivity contribution in [3.63, 3.8) is 0 Å². The summed E-state index contributed by atoms with van der Waals surface area (Å²) >= 11 is 0. The maximum atomic E-state index is 13.2. The molecule has 0 aromatic carbocycles. The summed E-state index contributed by atoms with van der Waals surface area (Å²) in [6.45, 7) is 5.89. The fraction of sp³-hybridized carbons (Fsp3) is 0.364. The van der Waals surface area contributed by atoms with Gasteiger partial charge in [0.05, 0.1) is 29.5 Å². The molecule has 0 aliphatic carbocycles. The minimum Gasteiger partial charge on any atom is -0.372 e. The van der Waals surface area contributed by atoms with E-state index in [0.29, 0.717) is 11.5 Å². The lowest BCUT2D eigenvalue weighted by Crippen LogP contribution is -2.42. The van der Waals surface area contributed by atoms with Gasteiger partial charge in [-0.2, -0.15) is 5.10 Å². The van der Waals surface area contributed by atoms with E-state index in [9.17, 15) is 4.79 Å². The topological polar surface area (TPSA) is 79.2 Å². The number of amides is 2. The zero-order chi connectivity index (χ0) is 21.1. The Morgan fingerprint density at radius 2 is 2.13 bits per heavy atom. The van der Waals surface area contributed by atoms with Crippen LogP contribution in [0.3, 0.4) is 0 Å². The quantitative estimate of drug-likeness (QED) is 0.709. The van der Waals surface area contributed by atoms with Crippen molar-refractivity contribution >= 4 is 23.2 Å². The van der Waals surface area contributed by atoms with Gasteiger partial charge in [0.15, 0.2) is 5.82 Å². The Kier molecular flexibility index (Phi) is 5.65. The SMILES string of the molecule is CCCn1cc(-c2ccc3c(n2)N(C(=O)Nc2cccnc2)[C@H](C)CCN3C)cn1. The number of aromatic nitrogens is 4. The molecule has 1 N–H and O–H groups in total. The fourth-order valence-electron chi connectivity index (χ4n) is 3.68. The average Bonchev–Trinajstić information content (AvgIpc) is 3.17. The number of pyridine rings is 2. The van der Waals surface area contributed by atoms with Crippen LogP contribution in [0.4, 0.5) is 22.0 Å². The van der Waals surface area contributed by atoms with Crippen LogP contribution in [0.1, 0.15) is 26.7 Å². The van der Waals surface area contributed by atoms with Crippen molar-refractivity contribution in [3.05, 3.63) is 49.1 Å². The van der Waals surface area contributed by atoms with Crippen LogP contribution in [-0.4, -0.2) is 45.4 Å². The van der Waals surface area contributed by atoms with Crippen molar-refractivity contribution < 1.29 is 4.79 Å². The summed E-state index contributed by atoms with van der Waals surface area (Å²) in [6.07, 6.45) is 9.01. The Labute approximate surface area is 176 Å². The zero-order valence-corrected chi connectivity index (χ0v) is 17.6. The molecule has 4 heterocycles. The van der Waals surface area contributed by atoms with Gasteiger partial charge in [0.25, 0.3) is 0 Å². The van der Waals surface area contributed by atoms with Crippen LogP contribution in [0.2, 0.25) is 0 Å². The van der Waals surface area contributed by atoms with E-state index in [0.717, 1.165) is 42.9 Å². The second kappa shape index (κ2) is 8.52. The molecule has 30 heavy (non-hydrogen) atoms. The van der Waals surface area contributed by atoms with Crippen LogP contribution in [0.25, 0.3) is 11.3 Å². The van der Waals surface area contributed by atoms with E-state index in [4.69, 9.17) is 4.98 Å². The van der Waals surface area contributed by atoms with Gasteiger partial charge in [0, 0.05) is 44.1 Å². The van der Waals surface area contributed by atoms with Gasteiger partial charge in [0.1, 0.15) is 0 Å². The summed E-state index contributed by atoms with van der Waals surface area (Å²) in [6, 6.07) is 7.45. The van der Waals surface area contributed by atoms with Gasteiger partial charge in [-0.15, -0.1) is 0 Å². The third-order valence-electron chi connectivity index (χ3n) is 5.33. The maximum absolute atomic E-state index is 13.2. The Balaban J connectivity index is 1.72. The number of nitrogens with zero attached hydrogens (tertiary/aromatic N) is 6. The highest BCUT2D eigenvalue weighted by atomic mass is 16.2. The van der Waals surface area contributed by atoms with Crippen LogP contribution >= 0.6 is 0 Å². The molecule has 0 bridgehead atoms. The molecule has 3 aromatic heterocycles. The van der Waals surface area contributed by atoms with Crippen LogP contribution in [0.5, 0.6) is 0 Å². The Hall–Kier alpha value is -3.42. The monoisotopic (exact) mass is 405 g/mol. The van der Waals surface area contributed by atoms with Gasteiger partial charge in [-0.25, -0.2) is 9.78 Å². The highest BCUT2D eigenvalue weighted by Gasteiger charge is 2.30. The molecule has 2 amide bonds. The zero-order valence-electron chi connectivity index (χ0n) is 17.6. The van der Waals surface area contributed by atoms with E-state index in [-0.39, 0.29) is 12.1 Å². The van der Waals surface area contributed by atoms with Crippen molar-refractivity contribution in [3.8, 4) is 11.3 Å². The molecule has 0 saturated carbocycles. The first-order valence-corrected chi connectivity index (χ1v) is 10.3. The van der Waals surface area contributed by atoms with Gasteiger partial charge in [-0.3, -0.25) is 14.6 Å². The second-order valence-corrected chi connectivity index (χ2v) is 7.63. The summed E-state index contributed by atoms with van der Waals surface area (Å²) in [5.41, 5.74) is 3.34. The van der Waals surface area contributed by atoms with Crippen molar-refractivity contribution in [2.45, 2.75) is 39.3 Å². The van der Waals surface area contributed by atoms with Gasteiger partial charge in [-0.05, 0) is 44.0 Å². The summed E-state index contributed by atoms with van der Waals surface area (Å²) in [5.74, 6) is 0.657. The highest BCUT2D eigenvalue weighted by molar-refractivity contribution is 6.03. The van der Waals surface area contributed by atoms with E-state index in [2.05, 4.69) is 34.1 Å². The van der Waals surface area contributed by atoms with E-state index >= 15 is 0 Å². The third-order valence-corrected chi connectivity index (χ3v) is 5.33. The minimum atomic E-state index is -0.210. The molecule has 8 heteroatoms. The summed E-state index contributed by atoms with van der Waals surface area (Å²) < 4.78 is 1.92. The van der Waals surface area contributed by atoms with Gasteiger partial charge < -0.3 is 10.2 Å². The molecule has 0 fully saturated rings. The van der Waals surface area contributed by atoms with E-state index in [1.165, 1.54) is 0 Å². The van der Waals surface area contributed by atoms with Gasteiger partial charge in [-0.1, -0.05) is 6.92 Å². The summed E-state index contributed by atoms with van der Waals surface area (Å²) in [4.78, 5) is 26.2. The molecule has 1 aliphatic heterocycles. The molecule has 3 aromatic rings. The molecule has 156 valence electrons. The predicted octanol–water partition coefficient (Wildman–Crippen LogP) is 4.02. The Morgan fingerprint density at radius 1 is 1.27 bits per heavy atom. The lowest BCUT2D eigenvalue weighted by atomic mass is 10.2. The first-order chi connectivity index (χ1) is 14.6. The molecule has 0 unspecified atom stereocenters. The number of fused-ring (bicyclic) bond motifs is 1. The number of anilines is 3. The summed E-state index contributed by atoms with van der Waals surface area (Å²) in [7, 11) is 2.04. The smallest absolute Gasteiger partial charge is 0.327 e. The van der Waals surface area contributed by atoms with Crippen molar-refractivity contribution in [2.24, 2.45) is 0 Å². The molecule has 8 nitrogen and oxygen atoms in total. The molecular formula is C22H27N7O. The first kappa shape index (κ1) is 19.9. The van der Waals surface area contributed by atoms with Gasteiger partial charge in [0.2, 0.25) is 0 Å². The molecule has 1 aliphatic rings. The third kappa shape index (κ3) is 3.98. The number of carbonyl (C=O) groups is 1.